The Morgan fingerprint density at radius 3 is 1.47 bits per heavy atom. The van der Waals surface area contributed by atoms with Gasteiger partial charge >= 0.3 is 40.6 Å². The largest absolute Gasteiger partial charge is 0.479 e. The molecule has 0 aromatic rings. The molecule has 0 amide bonds. The van der Waals surface area contributed by atoms with Gasteiger partial charge in [-0.15, -0.1) is 0 Å². The summed E-state index contributed by atoms with van der Waals surface area (Å²) in [5.41, 5.74) is -3.01. The molecule has 0 aliphatic heterocycles. The van der Waals surface area contributed by atoms with Crippen LogP contribution in [0.3, 0.4) is 0 Å². The monoisotopic (exact) mass is 320 g/mol. The summed E-state index contributed by atoms with van der Waals surface area (Å²) in [6, 6.07) is 0. The van der Waals surface area contributed by atoms with Gasteiger partial charge in [-0.3, -0.25) is 18.7 Å². The molecule has 4 N–H and O–H groups in total. The molecular weight excluding hydrogens is 312 g/mol. The second-order valence-corrected chi connectivity index (χ2v) is 4.24. The van der Waals surface area contributed by atoms with Gasteiger partial charge in [0.2, 0.25) is 0 Å². The number of rotatable bonds is 7. The number of carbonyl (C=O) groups excluding carboxylic acids is 2. The van der Waals surface area contributed by atoms with Crippen LogP contribution in [0.2, 0.25) is 0 Å². The quantitative estimate of drug-likeness (QED) is 0.378. The fourth-order valence-electron chi connectivity index (χ4n) is 0.909. The van der Waals surface area contributed by atoms with Crippen LogP contribution in [0, 0.1) is 0 Å². The molecule has 0 aromatic heterocycles. The lowest BCUT2D eigenvalue weighted by Crippen LogP contribution is -2.43. The summed E-state index contributed by atoms with van der Waals surface area (Å²) >= 11 is -6.05. The molecule has 0 aliphatic rings. The lowest BCUT2D eigenvalue weighted by Gasteiger charge is -2.20. The van der Waals surface area contributed by atoms with E-state index >= 15 is 0 Å². The van der Waals surface area contributed by atoms with Crippen LogP contribution in [0.25, 0.3) is 0 Å². The molecule has 0 bridgehead atoms. The third kappa shape index (κ3) is 6.92. The predicted molar refractivity (Wildman–Crippen MR) is 55.5 cm³/mol. The fourth-order valence-corrected chi connectivity index (χ4v) is 1.35. The molecule has 0 rings (SSSR count). The van der Waals surface area contributed by atoms with Crippen molar-refractivity contribution < 1.29 is 50.5 Å². The normalized spacial score (nSPS) is 16.8. The number of aliphatic carboxylic acids is 1. The molecule has 0 saturated heterocycles. The second-order valence-electron chi connectivity index (χ2n) is 3.04. The van der Waals surface area contributed by atoms with Crippen LogP contribution in [-0.4, -0.2) is 51.2 Å². The second kappa shape index (κ2) is 7.25. The van der Waals surface area contributed by atoms with Gasteiger partial charge in [-0.25, -0.2) is 4.79 Å². The van der Waals surface area contributed by atoms with Crippen LogP contribution >= 0.6 is 0 Å². The molecule has 110 valence electrons. The molecule has 0 fully saturated rings. The van der Waals surface area contributed by atoms with Crippen molar-refractivity contribution in [3.8, 4) is 0 Å². The Kier molecular flexibility index (Phi) is 6.71. The molecule has 0 radical (unpaired) electrons. The van der Waals surface area contributed by atoms with Gasteiger partial charge in [0.1, 0.15) is 0 Å². The van der Waals surface area contributed by atoms with E-state index in [9.17, 15) is 27.9 Å². The van der Waals surface area contributed by atoms with Gasteiger partial charge in [-0.2, -0.15) is 8.42 Å². The lowest BCUT2D eigenvalue weighted by molar-refractivity contribution is -0.169. The summed E-state index contributed by atoms with van der Waals surface area (Å²) in [6.07, 6.45) is -2.69. The fraction of sp³-hybridized carbons (Fsp3) is 0.500. The summed E-state index contributed by atoms with van der Waals surface area (Å²) in [5, 5.41) is 18.1. The maximum atomic E-state index is 10.9. The zero-order valence-corrected chi connectivity index (χ0v) is 10.5. The highest BCUT2D eigenvalue weighted by Gasteiger charge is 2.42. The van der Waals surface area contributed by atoms with Crippen LogP contribution in [0.4, 0.5) is 0 Å². The van der Waals surface area contributed by atoms with Crippen LogP contribution in [0.5, 0.6) is 0 Å². The number of carboxylic acid groups (broad SMARTS) is 1. The molecule has 0 heterocycles. The first-order valence-electron chi connectivity index (χ1n) is 4.16. The van der Waals surface area contributed by atoms with Crippen LogP contribution in [-0.2, 0) is 45.5 Å². The van der Waals surface area contributed by atoms with E-state index in [1.807, 2.05) is 0 Å². The number of carbonyl (C=O) groups is 3. The first-order chi connectivity index (χ1) is 8.56. The summed E-state index contributed by atoms with van der Waals surface area (Å²) in [7, 11) is 0. The molecule has 11 nitrogen and oxygen atoms in total. The summed E-state index contributed by atoms with van der Waals surface area (Å²) in [6.45, 7) is 0. The average molecular weight is 320 g/mol. The van der Waals surface area contributed by atoms with E-state index in [2.05, 4.69) is 8.37 Å². The molecule has 19 heavy (non-hydrogen) atoms. The number of carboxylic acids is 1. The summed E-state index contributed by atoms with van der Waals surface area (Å²) < 4.78 is 43.9. The molecular formula is C6H8O11S2. The van der Waals surface area contributed by atoms with Gasteiger partial charge in [0, 0.05) is 0 Å². The maximum Gasteiger partial charge on any atom is 0.360 e. The predicted octanol–water partition coefficient (Wildman–Crippen LogP) is -2.06. The van der Waals surface area contributed by atoms with Crippen molar-refractivity contribution >= 4 is 40.6 Å². The topological polar surface area (TPSA) is 185 Å². The van der Waals surface area contributed by atoms with E-state index < -0.39 is 59.1 Å². The van der Waals surface area contributed by atoms with E-state index in [0.29, 0.717) is 0 Å². The average Bonchev–Trinajstić information content (AvgIpc) is 2.12. The van der Waals surface area contributed by atoms with Gasteiger partial charge in [0.15, 0.2) is 5.60 Å². The highest BCUT2D eigenvalue weighted by molar-refractivity contribution is 7.74. The molecule has 0 aliphatic carbocycles. The Balaban J connectivity index is 4.81. The zero-order valence-electron chi connectivity index (χ0n) is 8.88. The molecule has 13 heteroatoms. The van der Waals surface area contributed by atoms with E-state index in [-0.39, 0.29) is 0 Å². The first kappa shape index (κ1) is 17.6. The number of aliphatic hydroxyl groups is 1. The maximum absolute atomic E-state index is 10.9. The van der Waals surface area contributed by atoms with Crippen molar-refractivity contribution in [2.75, 3.05) is 0 Å². The lowest BCUT2D eigenvalue weighted by atomic mass is 9.96. The van der Waals surface area contributed by atoms with Crippen LogP contribution in [0.1, 0.15) is 12.8 Å². The SMILES string of the molecule is O=C(CC(O)(CC(=O)OS(=O)O)C(=O)O)OS(=O)O. The van der Waals surface area contributed by atoms with Crippen LogP contribution < -0.4 is 0 Å². The third-order valence-electron chi connectivity index (χ3n) is 1.60. The molecule has 0 aromatic carbocycles. The smallest absolute Gasteiger partial charge is 0.360 e. The Labute approximate surface area is 110 Å². The minimum absolute atomic E-state index is 1.35. The Bertz CT molecular complexity index is 399. The van der Waals surface area contributed by atoms with Gasteiger partial charge in [-0.1, -0.05) is 0 Å². The minimum Gasteiger partial charge on any atom is -0.479 e. The van der Waals surface area contributed by atoms with Gasteiger partial charge < -0.3 is 18.6 Å². The summed E-state index contributed by atoms with van der Waals surface area (Å²) in [5.74, 6) is -5.19. The highest BCUT2D eigenvalue weighted by Crippen LogP contribution is 2.18. The van der Waals surface area contributed by atoms with E-state index in [0.717, 1.165) is 0 Å². The first-order valence-corrected chi connectivity index (χ1v) is 6.23. The van der Waals surface area contributed by atoms with Crippen molar-refractivity contribution in [1.29, 1.82) is 0 Å². The third-order valence-corrected chi connectivity index (χ3v) is 2.26. The standard InChI is InChI=1S/C6H8O11S2/c7-3(16-18(12)13)1-6(11,5(9)10)2-4(8)17-19(14)15/h11H,1-2H2,(H,9,10)(H,12,13)(H,14,15). The van der Waals surface area contributed by atoms with E-state index in [1.54, 1.807) is 0 Å². The Morgan fingerprint density at radius 2 is 1.26 bits per heavy atom. The molecule has 0 spiro atoms. The van der Waals surface area contributed by atoms with Crippen LogP contribution in [0.15, 0.2) is 0 Å². The van der Waals surface area contributed by atoms with Crippen molar-refractivity contribution in [2.24, 2.45) is 0 Å². The number of hydrogen-bond donors (Lipinski definition) is 4. The van der Waals surface area contributed by atoms with Crippen molar-refractivity contribution in [2.45, 2.75) is 18.4 Å². The van der Waals surface area contributed by atoms with Crippen molar-refractivity contribution in [1.82, 2.24) is 0 Å². The Morgan fingerprint density at radius 1 is 0.947 bits per heavy atom. The molecule has 0 saturated carbocycles. The summed E-state index contributed by atoms with van der Waals surface area (Å²) in [4.78, 5) is 32.6. The van der Waals surface area contributed by atoms with Gasteiger partial charge in [0.25, 0.3) is 0 Å². The molecule has 2 atom stereocenters. The van der Waals surface area contributed by atoms with E-state index in [1.165, 1.54) is 0 Å². The Hall–Kier alpha value is -1.41. The van der Waals surface area contributed by atoms with Gasteiger partial charge in [0.05, 0.1) is 12.8 Å². The zero-order chi connectivity index (χ0) is 15.2. The number of hydrogen-bond acceptors (Lipinski definition) is 8. The van der Waals surface area contributed by atoms with Crippen molar-refractivity contribution in [3.63, 3.8) is 0 Å². The highest BCUT2D eigenvalue weighted by atomic mass is 32.2. The van der Waals surface area contributed by atoms with Crippen molar-refractivity contribution in [3.05, 3.63) is 0 Å². The minimum atomic E-state index is -3.02. The van der Waals surface area contributed by atoms with Gasteiger partial charge in [-0.05, 0) is 0 Å². The van der Waals surface area contributed by atoms with E-state index in [4.69, 9.17) is 14.2 Å². The molecule has 2 unspecified atom stereocenters.